The largest absolute Gasteiger partial charge is 0.482 e. The van der Waals surface area contributed by atoms with Crippen molar-refractivity contribution in [3.63, 3.8) is 0 Å². The van der Waals surface area contributed by atoms with E-state index < -0.39 is 11.6 Å². The van der Waals surface area contributed by atoms with Crippen molar-refractivity contribution in [2.75, 3.05) is 18.1 Å². The van der Waals surface area contributed by atoms with Gasteiger partial charge in [-0.2, -0.15) is 0 Å². The van der Waals surface area contributed by atoms with E-state index in [1.54, 1.807) is 36.4 Å². The highest BCUT2D eigenvalue weighted by Gasteiger charge is 2.25. The lowest BCUT2D eigenvalue weighted by atomic mass is 10.2. The van der Waals surface area contributed by atoms with Crippen LogP contribution in [0.3, 0.4) is 0 Å². The fourth-order valence-electron chi connectivity index (χ4n) is 2.89. The number of hydrogen-bond donors (Lipinski definition) is 0. The van der Waals surface area contributed by atoms with Gasteiger partial charge in [-0.25, -0.2) is 4.79 Å². The Morgan fingerprint density at radius 3 is 2.78 bits per heavy atom. The van der Waals surface area contributed by atoms with Crippen LogP contribution in [0.4, 0.5) is 5.69 Å². The van der Waals surface area contributed by atoms with E-state index >= 15 is 0 Å². The zero-order chi connectivity index (χ0) is 18.8. The van der Waals surface area contributed by atoms with Gasteiger partial charge in [0.1, 0.15) is 17.1 Å². The van der Waals surface area contributed by atoms with Crippen molar-refractivity contribution in [3.8, 4) is 11.5 Å². The Balaban J connectivity index is 1.44. The minimum Gasteiger partial charge on any atom is -0.482 e. The second-order valence-electron chi connectivity index (χ2n) is 5.98. The van der Waals surface area contributed by atoms with Crippen molar-refractivity contribution in [1.29, 1.82) is 0 Å². The first-order valence-electron chi connectivity index (χ1n) is 8.37. The molecule has 1 aromatic heterocycles. The molecule has 0 aliphatic carbocycles. The van der Waals surface area contributed by atoms with Crippen LogP contribution in [0, 0.1) is 0 Å². The molecule has 0 saturated carbocycles. The normalized spacial score (nSPS) is 13.2. The summed E-state index contributed by atoms with van der Waals surface area (Å²) in [5, 5.41) is 0.727. The van der Waals surface area contributed by atoms with E-state index in [2.05, 4.69) is 0 Å². The Bertz CT molecular complexity index is 1090. The smallest absolute Gasteiger partial charge is 0.336 e. The fourth-order valence-corrected chi connectivity index (χ4v) is 2.89. The maximum absolute atomic E-state index is 12.2. The van der Waals surface area contributed by atoms with Crippen LogP contribution in [0.25, 0.3) is 11.0 Å². The van der Waals surface area contributed by atoms with Crippen LogP contribution in [0.15, 0.2) is 63.8 Å². The van der Waals surface area contributed by atoms with E-state index in [9.17, 15) is 14.4 Å². The Morgan fingerprint density at radius 1 is 1.07 bits per heavy atom. The first kappa shape index (κ1) is 16.8. The molecule has 0 saturated heterocycles. The summed E-state index contributed by atoms with van der Waals surface area (Å²) in [7, 11) is 0. The lowest BCUT2D eigenvalue weighted by Crippen LogP contribution is -2.40. The van der Waals surface area contributed by atoms with Gasteiger partial charge in [0.25, 0.3) is 5.91 Å². The lowest BCUT2D eigenvalue weighted by Gasteiger charge is -2.28. The molecule has 0 atom stereocenters. The standard InChI is InChI=1S/C20H15NO6/c22-18-12-25-16-4-2-1-3-15(16)21(18)10-9-20(24)26-14-7-5-13-6-8-19(23)27-17(13)11-14/h1-8,11H,9-10,12H2. The highest BCUT2D eigenvalue weighted by molar-refractivity contribution is 5.98. The minimum atomic E-state index is -0.496. The third-order valence-corrected chi connectivity index (χ3v) is 4.17. The van der Waals surface area contributed by atoms with Gasteiger partial charge in [0.15, 0.2) is 6.61 Å². The quantitative estimate of drug-likeness (QED) is 0.401. The molecule has 2 aromatic carbocycles. The van der Waals surface area contributed by atoms with Crippen LogP contribution >= 0.6 is 0 Å². The van der Waals surface area contributed by atoms with Gasteiger partial charge in [-0.05, 0) is 30.3 Å². The number of carbonyl (C=O) groups is 2. The van der Waals surface area contributed by atoms with E-state index in [4.69, 9.17) is 13.9 Å². The van der Waals surface area contributed by atoms with Gasteiger partial charge in [0.05, 0.1) is 12.1 Å². The molecular weight excluding hydrogens is 350 g/mol. The predicted octanol–water partition coefficient (Wildman–Crippen LogP) is 2.51. The molecule has 136 valence electrons. The first-order chi connectivity index (χ1) is 13.1. The number of carbonyl (C=O) groups excluding carboxylic acids is 2. The summed E-state index contributed by atoms with van der Waals surface area (Å²) in [5.74, 6) is 0.170. The molecule has 0 N–H and O–H groups in total. The molecule has 0 spiro atoms. The van der Waals surface area contributed by atoms with Crippen molar-refractivity contribution in [1.82, 2.24) is 0 Å². The van der Waals surface area contributed by atoms with Crippen LogP contribution in [-0.4, -0.2) is 25.0 Å². The van der Waals surface area contributed by atoms with Gasteiger partial charge in [0.2, 0.25) is 0 Å². The Kier molecular flexibility index (Phi) is 4.33. The number of amides is 1. The molecule has 27 heavy (non-hydrogen) atoms. The summed E-state index contributed by atoms with van der Waals surface area (Å²) in [6, 6.07) is 14.9. The summed E-state index contributed by atoms with van der Waals surface area (Å²) in [5.41, 5.74) is 0.495. The van der Waals surface area contributed by atoms with Crippen LogP contribution in [0.5, 0.6) is 11.5 Å². The molecule has 0 radical (unpaired) electrons. The van der Waals surface area contributed by atoms with Crippen LogP contribution in [-0.2, 0) is 9.59 Å². The van der Waals surface area contributed by atoms with Gasteiger partial charge >= 0.3 is 11.6 Å². The minimum absolute atomic E-state index is 0.0108. The monoisotopic (exact) mass is 365 g/mol. The van der Waals surface area contributed by atoms with E-state index in [0.29, 0.717) is 17.0 Å². The molecule has 3 aromatic rings. The van der Waals surface area contributed by atoms with E-state index in [1.807, 2.05) is 6.07 Å². The first-order valence-corrected chi connectivity index (χ1v) is 8.37. The lowest BCUT2D eigenvalue weighted by molar-refractivity contribution is -0.134. The SMILES string of the molecule is O=C(CCN1C(=O)COc2ccccc21)Oc1ccc2ccc(=O)oc2c1. The van der Waals surface area contributed by atoms with E-state index in [-0.39, 0.29) is 31.2 Å². The molecule has 0 fully saturated rings. The second-order valence-corrected chi connectivity index (χ2v) is 5.98. The summed E-state index contributed by atoms with van der Waals surface area (Å²) in [6.45, 7) is 0.122. The number of nitrogens with zero attached hydrogens (tertiary/aromatic N) is 1. The topological polar surface area (TPSA) is 86.0 Å². The number of ether oxygens (including phenoxy) is 2. The number of rotatable bonds is 4. The number of esters is 1. The average molecular weight is 365 g/mol. The maximum Gasteiger partial charge on any atom is 0.336 e. The molecule has 1 amide bonds. The Hall–Kier alpha value is -3.61. The molecule has 4 rings (SSSR count). The Labute approximate surface area is 153 Å². The predicted molar refractivity (Wildman–Crippen MR) is 97.0 cm³/mol. The van der Waals surface area contributed by atoms with Gasteiger partial charge in [-0.1, -0.05) is 12.1 Å². The molecule has 1 aliphatic heterocycles. The van der Waals surface area contributed by atoms with Crippen LogP contribution < -0.4 is 20.0 Å². The number of para-hydroxylation sites is 2. The molecule has 0 unspecified atom stereocenters. The van der Waals surface area contributed by atoms with E-state index in [0.717, 1.165) is 5.39 Å². The molecule has 7 heteroatoms. The fraction of sp³-hybridized carbons (Fsp3) is 0.150. The van der Waals surface area contributed by atoms with Crippen LogP contribution in [0.2, 0.25) is 0 Å². The highest BCUT2D eigenvalue weighted by atomic mass is 16.5. The van der Waals surface area contributed by atoms with Crippen molar-refractivity contribution >= 4 is 28.5 Å². The van der Waals surface area contributed by atoms with Gasteiger partial charge in [-0.3, -0.25) is 9.59 Å². The maximum atomic E-state index is 12.2. The number of benzene rings is 2. The second kappa shape index (κ2) is 6.95. The molecule has 7 nitrogen and oxygen atoms in total. The Morgan fingerprint density at radius 2 is 1.89 bits per heavy atom. The summed E-state index contributed by atoms with van der Waals surface area (Å²) in [6.07, 6.45) is 0.0108. The van der Waals surface area contributed by atoms with Crippen molar-refractivity contribution in [2.45, 2.75) is 6.42 Å². The molecular formula is C20H15NO6. The number of fused-ring (bicyclic) bond motifs is 2. The van der Waals surface area contributed by atoms with Crippen LogP contribution in [0.1, 0.15) is 6.42 Å². The average Bonchev–Trinajstić information content (AvgIpc) is 2.67. The molecule has 1 aliphatic rings. The van der Waals surface area contributed by atoms with Crippen molar-refractivity contribution < 1.29 is 23.5 Å². The highest BCUT2D eigenvalue weighted by Crippen LogP contribution is 2.31. The third kappa shape index (κ3) is 3.52. The van der Waals surface area contributed by atoms with Crippen molar-refractivity contribution in [3.05, 3.63) is 65.0 Å². The molecule has 2 heterocycles. The van der Waals surface area contributed by atoms with E-state index in [1.165, 1.54) is 17.0 Å². The molecule has 0 bridgehead atoms. The number of hydrogen-bond acceptors (Lipinski definition) is 6. The van der Waals surface area contributed by atoms with Crippen molar-refractivity contribution in [2.24, 2.45) is 0 Å². The van der Waals surface area contributed by atoms with Gasteiger partial charge < -0.3 is 18.8 Å². The summed E-state index contributed by atoms with van der Waals surface area (Å²) in [4.78, 5) is 37.1. The zero-order valence-corrected chi connectivity index (χ0v) is 14.2. The summed E-state index contributed by atoms with van der Waals surface area (Å²) < 4.78 is 15.8. The van der Waals surface area contributed by atoms with Gasteiger partial charge in [0, 0.05) is 24.1 Å². The third-order valence-electron chi connectivity index (χ3n) is 4.17. The van der Waals surface area contributed by atoms with Gasteiger partial charge in [-0.15, -0.1) is 0 Å². The zero-order valence-electron chi connectivity index (χ0n) is 14.2. The number of anilines is 1. The summed E-state index contributed by atoms with van der Waals surface area (Å²) >= 11 is 0.